The highest BCUT2D eigenvalue weighted by atomic mass is 19.3. The summed E-state index contributed by atoms with van der Waals surface area (Å²) in [5.41, 5.74) is 0. The molecule has 6 heteroatoms. The number of nitrogens with zero attached hydrogens (tertiary/aromatic N) is 4. The molecule has 0 bridgehead atoms. The molecule has 17 heavy (non-hydrogen) atoms. The quantitative estimate of drug-likeness (QED) is 0.808. The molecule has 2 heterocycles. The second kappa shape index (κ2) is 3.94. The number of alkyl halides is 2. The summed E-state index contributed by atoms with van der Waals surface area (Å²) in [7, 11) is 0. The van der Waals surface area contributed by atoms with E-state index in [0.29, 0.717) is 12.4 Å². The molecule has 0 atom stereocenters. The smallest absolute Gasteiger partial charge is 0.267 e. The zero-order valence-corrected chi connectivity index (χ0v) is 9.13. The van der Waals surface area contributed by atoms with Crippen LogP contribution in [0.4, 0.5) is 8.78 Å². The normalized spacial score (nSPS) is 19.4. The predicted octanol–water partition coefficient (Wildman–Crippen LogP) is 2.11. The summed E-state index contributed by atoms with van der Waals surface area (Å²) < 4.78 is 25.2. The monoisotopic (exact) mass is 238 g/mol. The molecule has 0 saturated heterocycles. The second-order valence-electron chi connectivity index (χ2n) is 4.18. The first kappa shape index (κ1) is 10.4. The maximum absolute atomic E-state index is 12.6. The number of rotatable bonds is 3. The third kappa shape index (κ3) is 1.94. The number of hydrogen-bond acceptors (Lipinski definition) is 3. The van der Waals surface area contributed by atoms with E-state index in [1.807, 2.05) is 24.4 Å². The van der Waals surface area contributed by atoms with Gasteiger partial charge >= 0.3 is 0 Å². The van der Waals surface area contributed by atoms with Crippen molar-refractivity contribution in [2.45, 2.75) is 25.2 Å². The fourth-order valence-electron chi connectivity index (χ4n) is 1.81. The zero-order valence-electron chi connectivity index (χ0n) is 9.13. The van der Waals surface area contributed by atoms with Crippen molar-refractivity contribution in [3.63, 3.8) is 0 Å². The molecule has 90 valence electrons. The third-order valence-corrected chi connectivity index (χ3v) is 2.81. The average Bonchev–Trinajstić information content (AvgIpc) is 3.09. The summed E-state index contributed by atoms with van der Waals surface area (Å²) in [6.45, 7) is 0.627. The highest BCUT2D eigenvalue weighted by molar-refractivity contribution is 5.21. The molecular formula is C11H12F2N4. The summed E-state index contributed by atoms with van der Waals surface area (Å²) in [5.74, 6) is 0.560. The van der Waals surface area contributed by atoms with E-state index in [-0.39, 0.29) is 11.7 Å². The molecule has 1 fully saturated rings. The lowest BCUT2D eigenvalue weighted by Gasteiger charge is -2.21. The molecule has 0 N–H and O–H groups in total. The average molecular weight is 238 g/mol. The molecule has 0 amide bonds. The molecule has 2 aliphatic rings. The molecule has 1 aromatic rings. The Labute approximate surface area is 97.2 Å². The standard InChI is InChI=1S/C11H12F2N4/c12-9(13)10-14-11(8-4-5-8)17(15-10)16-6-2-1-3-7-16/h1-3,6,8-9H,4-5,7H2. The van der Waals surface area contributed by atoms with Gasteiger partial charge in [-0.25, -0.2) is 13.8 Å². The molecule has 1 aromatic heterocycles. The summed E-state index contributed by atoms with van der Waals surface area (Å²) in [6, 6.07) is 0. The van der Waals surface area contributed by atoms with E-state index in [4.69, 9.17) is 0 Å². The number of hydrogen-bond donors (Lipinski definition) is 0. The van der Waals surface area contributed by atoms with Crippen molar-refractivity contribution in [2.24, 2.45) is 0 Å². The molecule has 1 aliphatic carbocycles. The van der Waals surface area contributed by atoms with Crippen molar-refractivity contribution < 1.29 is 8.78 Å². The van der Waals surface area contributed by atoms with Gasteiger partial charge in [0.05, 0.1) is 6.54 Å². The van der Waals surface area contributed by atoms with Crippen molar-refractivity contribution in [3.8, 4) is 0 Å². The minimum Gasteiger partial charge on any atom is -0.267 e. The van der Waals surface area contributed by atoms with Crippen molar-refractivity contribution in [1.29, 1.82) is 0 Å². The van der Waals surface area contributed by atoms with Gasteiger partial charge in [0.2, 0.25) is 5.82 Å². The van der Waals surface area contributed by atoms with Crippen LogP contribution in [0.25, 0.3) is 0 Å². The Kier molecular flexibility index (Phi) is 2.42. The van der Waals surface area contributed by atoms with Crippen LogP contribution >= 0.6 is 0 Å². The Morgan fingerprint density at radius 2 is 2.12 bits per heavy atom. The molecular weight excluding hydrogens is 226 g/mol. The molecule has 0 unspecified atom stereocenters. The van der Waals surface area contributed by atoms with Crippen LogP contribution < -0.4 is 5.01 Å². The Bertz CT molecular complexity index is 474. The number of allylic oxidation sites excluding steroid dienone is 2. The summed E-state index contributed by atoms with van der Waals surface area (Å²) >= 11 is 0. The van der Waals surface area contributed by atoms with E-state index in [1.165, 1.54) is 4.79 Å². The summed E-state index contributed by atoms with van der Waals surface area (Å²) in [5, 5.41) is 5.68. The minimum absolute atomic E-state index is 0.286. The molecule has 1 aliphatic heterocycles. The lowest BCUT2D eigenvalue weighted by Crippen LogP contribution is -2.33. The van der Waals surface area contributed by atoms with Gasteiger partial charge in [0.25, 0.3) is 6.43 Å². The maximum Gasteiger partial charge on any atom is 0.299 e. The minimum atomic E-state index is -2.61. The van der Waals surface area contributed by atoms with Crippen LogP contribution in [0.15, 0.2) is 24.4 Å². The second-order valence-corrected chi connectivity index (χ2v) is 4.18. The van der Waals surface area contributed by atoms with Gasteiger partial charge < -0.3 is 0 Å². The fraction of sp³-hybridized carbons (Fsp3) is 0.455. The van der Waals surface area contributed by atoms with Crippen molar-refractivity contribution in [1.82, 2.24) is 14.9 Å². The van der Waals surface area contributed by atoms with Gasteiger partial charge in [-0.15, -0.1) is 5.10 Å². The van der Waals surface area contributed by atoms with Gasteiger partial charge in [0.15, 0.2) is 5.82 Å². The van der Waals surface area contributed by atoms with Gasteiger partial charge in [0, 0.05) is 12.1 Å². The summed E-state index contributed by atoms with van der Waals surface area (Å²) in [6.07, 6.45) is 6.93. The maximum atomic E-state index is 12.6. The highest BCUT2D eigenvalue weighted by Gasteiger charge is 2.32. The zero-order chi connectivity index (χ0) is 11.8. The largest absolute Gasteiger partial charge is 0.299 e. The molecule has 1 saturated carbocycles. The van der Waals surface area contributed by atoms with Crippen LogP contribution in [-0.4, -0.2) is 21.4 Å². The predicted molar refractivity (Wildman–Crippen MR) is 58.3 cm³/mol. The van der Waals surface area contributed by atoms with E-state index in [9.17, 15) is 8.78 Å². The van der Waals surface area contributed by atoms with E-state index in [2.05, 4.69) is 10.1 Å². The van der Waals surface area contributed by atoms with Crippen LogP contribution in [0.5, 0.6) is 0 Å². The van der Waals surface area contributed by atoms with Crippen LogP contribution in [0.3, 0.4) is 0 Å². The Hall–Kier alpha value is -1.72. The van der Waals surface area contributed by atoms with Crippen molar-refractivity contribution in [2.75, 3.05) is 11.6 Å². The first-order valence-corrected chi connectivity index (χ1v) is 5.61. The first-order valence-electron chi connectivity index (χ1n) is 5.61. The molecule has 0 spiro atoms. The van der Waals surface area contributed by atoms with Gasteiger partial charge in [-0.2, -0.15) is 4.79 Å². The SMILES string of the molecule is FC(F)c1nc(C2CC2)n(N2C=CC=CC2)n1. The van der Waals surface area contributed by atoms with Crippen LogP contribution in [0, 0.1) is 0 Å². The van der Waals surface area contributed by atoms with Crippen molar-refractivity contribution in [3.05, 3.63) is 36.1 Å². The van der Waals surface area contributed by atoms with Gasteiger partial charge in [0.1, 0.15) is 0 Å². The Morgan fingerprint density at radius 1 is 1.29 bits per heavy atom. The van der Waals surface area contributed by atoms with E-state index in [1.54, 1.807) is 5.01 Å². The van der Waals surface area contributed by atoms with Gasteiger partial charge in [-0.3, -0.25) is 5.01 Å². The highest BCUT2D eigenvalue weighted by Crippen LogP contribution is 2.39. The van der Waals surface area contributed by atoms with Crippen LogP contribution in [0.1, 0.15) is 36.8 Å². The Balaban J connectivity index is 1.95. The van der Waals surface area contributed by atoms with Gasteiger partial charge in [-0.05, 0) is 18.9 Å². The van der Waals surface area contributed by atoms with Crippen molar-refractivity contribution >= 4 is 0 Å². The van der Waals surface area contributed by atoms with E-state index < -0.39 is 6.43 Å². The van der Waals surface area contributed by atoms with Crippen LogP contribution in [-0.2, 0) is 0 Å². The topological polar surface area (TPSA) is 34.0 Å². The number of aromatic nitrogens is 3. The molecule has 0 radical (unpaired) electrons. The first-order chi connectivity index (χ1) is 8.25. The van der Waals surface area contributed by atoms with Gasteiger partial charge in [-0.1, -0.05) is 12.2 Å². The molecule has 0 aromatic carbocycles. The van der Waals surface area contributed by atoms with E-state index >= 15 is 0 Å². The Morgan fingerprint density at radius 3 is 2.71 bits per heavy atom. The lowest BCUT2D eigenvalue weighted by atomic mass is 10.4. The fourth-order valence-corrected chi connectivity index (χ4v) is 1.81. The lowest BCUT2D eigenvalue weighted by molar-refractivity contribution is 0.140. The van der Waals surface area contributed by atoms with Crippen LogP contribution in [0.2, 0.25) is 0 Å². The third-order valence-electron chi connectivity index (χ3n) is 2.81. The molecule has 3 rings (SSSR count). The molecule has 4 nitrogen and oxygen atoms in total. The summed E-state index contributed by atoms with van der Waals surface area (Å²) in [4.78, 5) is 5.46. The van der Waals surface area contributed by atoms with E-state index in [0.717, 1.165) is 12.8 Å². The number of halogens is 2.